The molecule has 2 fully saturated rings. The normalized spacial score (nSPS) is 29.8. The summed E-state index contributed by atoms with van der Waals surface area (Å²) < 4.78 is 0. The number of hydrogen-bond donors (Lipinski definition) is 1. The molecule has 112 valence electrons. The second-order valence-electron chi connectivity index (χ2n) is 6.35. The minimum absolute atomic E-state index is 0.0101. The number of anilines is 1. The van der Waals surface area contributed by atoms with Crippen molar-refractivity contribution >= 4 is 17.5 Å². The van der Waals surface area contributed by atoms with E-state index >= 15 is 0 Å². The molecule has 4 nitrogen and oxygen atoms in total. The molecule has 2 aliphatic rings. The molecule has 0 radical (unpaired) electrons. The molecule has 1 saturated carbocycles. The minimum Gasteiger partial charge on any atom is -0.399 e. The molecule has 3 atom stereocenters. The van der Waals surface area contributed by atoms with Crippen LogP contribution in [0.15, 0.2) is 24.3 Å². The number of nitrogens with two attached hydrogens (primary N) is 1. The first kappa shape index (κ1) is 14.1. The molecular weight excluding hydrogens is 264 g/mol. The molecule has 3 rings (SSSR count). The predicted octanol–water partition coefficient (Wildman–Crippen LogP) is 2.75. The number of benzene rings is 1. The van der Waals surface area contributed by atoms with Crippen LogP contribution in [0, 0.1) is 17.8 Å². The summed E-state index contributed by atoms with van der Waals surface area (Å²) in [6.07, 6.45) is 2.79. The summed E-state index contributed by atoms with van der Waals surface area (Å²) in [7, 11) is 0. The van der Waals surface area contributed by atoms with Gasteiger partial charge in [-0.3, -0.25) is 14.5 Å². The molecular formula is C17H22N2O2. The van der Waals surface area contributed by atoms with E-state index in [2.05, 4.69) is 6.92 Å². The Morgan fingerprint density at radius 1 is 1.24 bits per heavy atom. The van der Waals surface area contributed by atoms with E-state index < -0.39 is 0 Å². The SMILES string of the molecule is CCC1CC2C(=O)N(C(C)c3cccc(N)c3)C(=O)C2C1. The molecule has 1 aromatic carbocycles. The first-order valence-corrected chi connectivity index (χ1v) is 7.75. The van der Waals surface area contributed by atoms with Crippen molar-refractivity contribution in [3.05, 3.63) is 29.8 Å². The van der Waals surface area contributed by atoms with Gasteiger partial charge in [0.05, 0.1) is 17.9 Å². The molecule has 0 bridgehead atoms. The predicted molar refractivity (Wildman–Crippen MR) is 81.1 cm³/mol. The third-order valence-electron chi connectivity index (χ3n) is 5.13. The molecule has 2 amide bonds. The molecule has 1 aromatic rings. The molecule has 4 heteroatoms. The van der Waals surface area contributed by atoms with E-state index in [-0.39, 0.29) is 29.7 Å². The first-order valence-electron chi connectivity index (χ1n) is 7.75. The Morgan fingerprint density at radius 2 is 1.86 bits per heavy atom. The lowest BCUT2D eigenvalue weighted by Crippen LogP contribution is -2.34. The van der Waals surface area contributed by atoms with E-state index in [1.54, 1.807) is 0 Å². The molecule has 3 unspecified atom stereocenters. The molecule has 1 aliphatic carbocycles. The van der Waals surface area contributed by atoms with Crippen molar-refractivity contribution < 1.29 is 9.59 Å². The molecule has 0 spiro atoms. The Hall–Kier alpha value is -1.84. The third kappa shape index (κ3) is 2.23. The topological polar surface area (TPSA) is 63.4 Å². The van der Waals surface area contributed by atoms with E-state index in [0.717, 1.165) is 24.8 Å². The number of amides is 2. The summed E-state index contributed by atoms with van der Waals surface area (Å²) >= 11 is 0. The summed E-state index contributed by atoms with van der Waals surface area (Å²) in [6, 6.07) is 7.20. The minimum atomic E-state index is -0.237. The Kier molecular flexibility index (Phi) is 3.47. The van der Waals surface area contributed by atoms with Gasteiger partial charge in [0.15, 0.2) is 0 Å². The van der Waals surface area contributed by atoms with Gasteiger partial charge in [0.2, 0.25) is 11.8 Å². The third-order valence-corrected chi connectivity index (χ3v) is 5.13. The summed E-state index contributed by atoms with van der Waals surface area (Å²) in [5.74, 6) is 0.362. The lowest BCUT2D eigenvalue weighted by molar-refractivity contribution is -0.143. The van der Waals surface area contributed by atoms with Gasteiger partial charge in [-0.25, -0.2) is 0 Å². The van der Waals surface area contributed by atoms with Gasteiger partial charge in [0.25, 0.3) is 0 Å². The zero-order chi connectivity index (χ0) is 15.1. The average molecular weight is 286 g/mol. The van der Waals surface area contributed by atoms with Crippen LogP contribution in [-0.4, -0.2) is 16.7 Å². The Balaban J connectivity index is 1.84. The highest BCUT2D eigenvalue weighted by Crippen LogP contribution is 2.46. The molecule has 2 N–H and O–H groups in total. The van der Waals surface area contributed by atoms with Gasteiger partial charge in [-0.15, -0.1) is 0 Å². The lowest BCUT2D eigenvalue weighted by atomic mass is 10.00. The Bertz CT molecular complexity index is 560. The first-order chi connectivity index (χ1) is 10.0. The summed E-state index contributed by atoms with van der Waals surface area (Å²) in [5.41, 5.74) is 7.38. The molecule has 1 heterocycles. The molecule has 1 aliphatic heterocycles. The second kappa shape index (κ2) is 5.17. The monoisotopic (exact) mass is 286 g/mol. The smallest absolute Gasteiger partial charge is 0.233 e. The van der Waals surface area contributed by atoms with Gasteiger partial charge in [0, 0.05) is 5.69 Å². The number of likely N-dealkylation sites (tertiary alicyclic amines) is 1. The fourth-order valence-corrected chi connectivity index (χ4v) is 3.84. The number of hydrogen-bond acceptors (Lipinski definition) is 3. The van der Waals surface area contributed by atoms with Crippen LogP contribution in [0.2, 0.25) is 0 Å². The summed E-state index contributed by atoms with van der Waals surface area (Å²) in [4.78, 5) is 26.7. The van der Waals surface area contributed by atoms with Gasteiger partial charge < -0.3 is 5.73 Å². The highest BCUT2D eigenvalue weighted by molar-refractivity contribution is 6.05. The maximum absolute atomic E-state index is 12.6. The fourth-order valence-electron chi connectivity index (χ4n) is 3.84. The lowest BCUT2D eigenvalue weighted by Gasteiger charge is -2.25. The van der Waals surface area contributed by atoms with Crippen LogP contribution >= 0.6 is 0 Å². The number of carbonyl (C=O) groups excluding carboxylic acids is 2. The van der Waals surface area contributed by atoms with E-state index in [9.17, 15) is 9.59 Å². The van der Waals surface area contributed by atoms with Crippen molar-refractivity contribution in [1.29, 1.82) is 0 Å². The highest BCUT2D eigenvalue weighted by atomic mass is 16.2. The van der Waals surface area contributed by atoms with Crippen LogP contribution in [0.25, 0.3) is 0 Å². The number of nitrogens with zero attached hydrogens (tertiary/aromatic N) is 1. The molecule has 0 aromatic heterocycles. The summed E-state index contributed by atoms with van der Waals surface area (Å²) in [6.45, 7) is 4.04. The summed E-state index contributed by atoms with van der Waals surface area (Å²) in [5, 5.41) is 0. The standard InChI is InChI=1S/C17H22N2O2/c1-3-11-7-14-15(8-11)17(21)19(16(14)20)10(2)12-5-4-6-13(18)9-12/h4-6,9-11,14-15H,3,7-8,18H2,1-2H3. The molecule has 1 saturated heterocycles. The van der Waals surface area contributed by atoms with Gasteiger partial charge in [-0.2, -0.15) is 0 Å². The zero-order valence-electron chi connectivity index (χ0n) is 12.6. The quantitative estimate of drug-likeness (QED) is 0.686. The highest BCUT2D eigenvalue weighted by Gasteiger charge is 2.53. The number of carbonyl (C=O) groups is 2. The van der Waals surface area contributed by atoms with E-state index in [0.29, 0.717) is 11.6 Å². The van der Waals surface area contributed by atoms with Gasteiger partial charge in [-0.1, -0.05) is 25.5 Å². The van der Waals surface area contributed by atoms with Crippen LogP contribution in [0.5, 0.6) is 0 Å². The van der Waals surface area contributed by atoms with Crippen molar-refractivity contribution in [3.63, 3.8) is 0 Å². The van der Waals surface area contributed by atoms with Gasteiger partial charge in [0.1, 0.15) is 0 Å². The Labute approximate surface area is 125 Å². The van der Waals surface area contributed by atoms with Crippen LogP contribution in [0.1, 0.15) is 44.7 Å². The van der Waals surface area contributed by atoms with Crippen molar-refractivity contribution in [3.8, 4) is 0 Å². The van der Waals surface area contributed by atoms with Crippen molar-refractivity contribution in [2.75, 3.05) is 5.73 Å². The van der Waals surface area contributed by atoms with Gasteiger partial charge in [-0.05, 0) is 43.4 Å². The van der Waals surface area contributed by atoms with Gasteiger partial charge >= 0.3 is 0 Å². The van der Waals surface area contributed by atoms with Crippen LogP contribution in [0.3, 0.4) is 0 Å². The van der Waals surface area contributed by atoms with Crippen LogP contribution in [0.4, 0.5) is 5.69 Å². The van der Waals surface area contributed by atoms with Crippen molar-refractivity contribution in [2.45, 2.75) is 39.2 Å². The number of nitrogen functional groups attached to an aromatic ring is 1. The maximum atomic E-state index is 12.6. The Morgan fingerprint density at radius 3 is 2.38 bits per heavy atom. The number of fused-ring (bicyclic) bond motifs is 1. The van der Waals surface area contributed by atoms with E-state index in [1.165, 1.54) is 4.90 Å². The van der Waals surface area contributed by atoms with Crippen molar-refractivity contribution in [2.24, 2.45) is 17.8 Å². The van der Waals surface area contributed by atoms with Crippen LogP contribution in [-0.2, 0) is 9.59 Å². The number of rotatable bonds is 3. The van der Waals surface area contributed by atoms with E-state index in [1.807, 2.05) is 31.2 Å². The average Bonchev–Trinajstić information content (AvgIpc) is 2.99. The number of imide groups is 1. The van der Waals surface area contributed by atoms with Crippen LogP contribution < -0.4 is 5.73 Å². The van der Waals surface area contributed by atoms with Crippen molar-refractivity contribution in [1.82, 2.24) is 4.90 Å². The largest absolute Gasteiger partial charge is 0.399 e. The second-order valence-corrected chi connectivity index (χ2v) is 6.35. The zero-order valence-corrected chi connectivity index (χ0v) is 12.6. The fraction of sp³-hybridized carbons (Fsp3) is 0.529. The maximum Gasteiger partial charge on any atom is 0.233 e. The molecule has 21 heavy (non-hydrogen) atoms. The van der Waals surface area contributed by atoms with E-state index in [4.69, 9.17) is 5.73 Å².